The minimum absolute atomic E-state index is 0.119. The van der Waals surface area contributed by atoms with Gasteiger partial charge in [-0.25, -0.2) is 0 Å². The summed E-state index contributed by atoms with van der Waals surface area (Å²) in [7, 11) is 0. The molecule has 0 aromatic heterocycles. The predicted octanol–water partition coefficient (Wildman–Crippen LogP) is -2.46. The van der Waals surface area contributed by atoms with Crippen LogP contribution in [-0.4, -0.2) is 17.4 Å². The first-order valence-electron chi connectivity index (χ1n) is 3.42. The number of carbonyl (C=O) groups excluding carboxylic acids is 1. The van der Waals surface area contributed by atoms with Crippen LogP contribution in [0.5, 0.6) is 0 Å². The summed E-state index contributed by atoms with van der Waals surface area (Å²) < 4.78 is 5.22. The molecule has 0 saturated heterocycles. The third-order valence-electron chi connectivity index (χ3n) is 1.58. The molecule has 0 fully saturated rings. The normalized spacial score (nSPS) is 11.9. The molecule has 0 aliphatic heterocycles. The van der Waals surface area contributed by atoms with E-state index in [0.717, 1.165) is 6.42 Å². The van der Waals surface area contributed by atoms with Crippen molar-refractivity contribution in [3.8, 4) is 0 Å². The molecule has 0 aromatic carbocycles. The zero-order valence-corrected chi connectivity index (χ0v) is 9.34. The van der Waals surface area contributed by atoms with Crippen LogP contribution in [0.2, 0.25) is 0 Å². The Morgan fingerprint density at radius 3 is 2.55 bits per heavy atom. The van der Waals surface area contributed by atoms with Crippen LogP contribution in [0, 0.1) is 5.41 Å². The SMILES string of the molecule is C[I-]OCCC(C)(C)C(N)=O. The minimum atomic E-state index is -0.418. The fourth-order valence-corrected chi connectivity index (χ4v) is 1.15. The van der Waals surface area contributed by atoms with Crippen LogP contribution < -0.4 is 27.4 Å². The molecule has 0 aromatic rings. The van der Waals surface area contributed by atoms with Gasteiger partial charge in [0.2, 0.25) is 0 Å². The van der Waals surface area contributed by atoms with Crippen molar-refractivity contribution in [2.24, 2.45) is 11.1 Å². The third kappa shape index (κ3) is 4.58. The Morgan fingerprint density at radius 1 is 1.64 bits per heavy atom. The van der Waals surface area contributed by atoms with E-state index in [1.807, 2.05) is 18.8 Å². The molecule has 1 amide bonds. The maximum absolute atomic E-state index is 10.8. The molecule has 2 N–H and O–H groups in total. The first kappa shape index (κ1) is 11.2. The van der Waals surface area contributed by atoms with E-state index < -0.39 is 5.41 Å². The van der Waals surface area contributed by atoms with Crippen molar-refractivity contribution < 1.29 is 29.5 Å². The number of hydrogen-bond acceptors (Lipinski definition) is 2. The van der Waals surface area contributed by atoms with Gasteiger partial charge in [0, 0.05) is 0 Å². The van der Waals surface area contributed by atoms with Gasteiger partial charge in [-0.2, -0.15) is 0 Å². The van der Waals surface area contributed by atoms with Crippen molar-refractivity contribution in [2.75, 3.05) is 11.5 Å². The number of halogens is 1. The molecule has 4 heteroatoms. The van der Waals surface area contributed by atoms with Crippen molar-refractivity contribution in [3.05, 3.63) is 0 Å². The Balaban J connectivity index is 3.64. The van der Waals surface area contributed by atoms with Crippen LogP contribution >= 0.6 is 0 Å². The first-order chi connectivity index (χ1) is 5.00. The number of primary amides is 1. The van der Waals surface area contributed by atoms with Crippen molar-refractivity contribution in [3.63, 3.8) is 0 Å². The number of nitrogens with two attached hydrogens (primary N) is 1. The number of rotatable bonds is 5. The molecule has 68 valence electrons. The topological polar surface area (TPSA) is 52.3 Å². The molecular weight excluding hydrogens is 257 g/mol. The van der Waals surface area contributed by atoms with Crippen molar-refractivity contribution >= 4 is 5.91 Å². The summed E-state index contributed by atoms with van der Waals surface area (Å²) in [5.74, 6) is -0.254. The van der Waals surface area contributed by atoms with E-state index >= 15 is 0 Å². The van der Waals surface area contributed by atoms with Gasteiger partial charge in [0.25, 0.3) is 0 Å². The summed E-state index contributed by atoms with van der Waals surface area (Å²) in [6, 6.07) is 0. The fourth-order valence-electron chi connectivity index (χ4n) is 0.494. The summed E-state index contributed by atoms with van der Waals surface area (Å²) in [5.41, 5.74) is 4.75. The van der Waals surface area contributed by atoms with E-state index in [2.05, 4.69) is 0 Å². The average Bonchev–Trinajstić information content (AvgIpc) is 1.88. The summed E-state index contributed by atoms with van der Waals surface area (Å²) in [4.78, 5) is 12.8. The molecule has 11 heavy (non-hydrogen) atoms. The monoisotopic (exact) mass is 272 g/mol. The predicted molar refractivity (Wildman–Crippen MR) is 39.5 cm³/mol. The van der Waals surface area contributed by atoms with Gasteiger partial charge in [-0.3, -0.25) is 0 Å². The number of carbonyl (C=O) groups is 1. The molecule has 3 nitrogen and oxygen atoms in total. The number of amides is 1. The Bertz CT molecular complexity index is 136. The van der Waals surface area contributed by atoms with Gasteiger partial charge in [0.1, 0.15) is 0 Å². The second-order valence-corrected chi connectivity index (χ2v) is 4.47. The molecular formula is C7H15INO2-. The van der Waals surface area contributed by atoms with Crippen LogP contribution in [0.1, 0.15) is 20.3 Å². The Labute approximate surface area is 78.5 Å². The van der Waals surface area contributed by atoms with Crippen LogP contribution in [-0.2, 0) is 7.86 Å². The van der Waals surface area contributed by atoms with Gasteiger partial charge in [-0.05, 0) is 0 Å². The Hall–Kier alpha value is 0.160. The van der Waals surface area contributed by atoms with Crippen molar-refractivity contribution in [2.45, 2.75) is 20.3 Å². The molecule has 0 aliphatic carbocycles. The molecule has 0 atom stereocenters. The summed E-state index contributed by atoms with van der Waals surface area (Å²) in [6.45, 7) is 4.33. The fraction of sp³-hybridized carbons (Fsp3) is 0.857. The van der Waals surface area contributed by atoms with Gasteiger partial charge in [0.05, 0.1) is 0 Å². The van der Waals surface area contributed by atoms with E-state index in [1.54, 1.807) is 0 Å². The Kier molecular flexibility index (Phi) is 4.99. The van der Waals surface area contributed by atoms with Gasteiger partial charge in [-0.1, -0.05) is 0 Å². The summed E-state index contributed by atoms with van der Waals surface area (Å²) in [5, 5.41) is 0. The molecule has 0 spiro atoms. The molecule has 0 saturated carbocycles. The number of hydrogen-bond donors (Lipinski definition) is 1. The number of alkyl halides is 1. The van der Waals surface area contributed by atoms with E-state index in [-0.39, 0.29) is 27.5 Å². The van der Waals surface area contributed by atoms with Gasteiger partial charge >= 0.3 is 78.3 Å². The van der Waals surface area contributed by atoms with Gasteiger partial charge in [0.15, 0.2) is 0 Å². The van der Waals surface area contributed by atoms with Crippen LogP contribution in [0.25, 0.3) is 0 Å². The quantitative estimate of drug-likeness (QED) is 0.343. The zero-order valence-electron chi connectivity index (χ0n) is 7.19. The first-order valence-corrected chi connectivity index (χ1v) is 6.46. The zero-order chi connectivity index (χ0) is 8.91. The van der Waals surface area contributed by atoms with Crippen molar-refractivity contribution in [1.29, 1.82) is 0 Å². The standard InChI is InChI=1S/C7H15INO2/c1-7(2,6(9)10)4-5-11-8-3/h4-5H2,1-3H3,(H2,9,10)/q-1. The van der Waals surface area contributed by atoms with Crippen LogP contribution in [0.15, 0.2) is 0 Å². The molecule has 0 bridgehead atoms. The summed E-state index contributed by atoms with van der Waals surface area (Å²) >= 11 is -0.119. The average molecular weight is 272 g/mol. The molecule has 0 rings (SSSR count). The van der Waals surface area contributed by atoms with E-state index in [9.17, 15) is 4.79 Å². The van der Waals surface area contributed by atoms with Crippen LogP contribution in [0.3, 0.4) is 0 Å². The van der Waals surface area contributed by atoms with Gasteiger partial charge < -0.3 is 0 Å². The van der Waals surface area contributed by atoms with E-state index in [1.165, 1.54) is 0 Å². The third-order valence-corrected chi connectivity index (χ3v) is 2.64. The molecule has 0 heterocycles. The molecule has 0 unspecified atom stereocenters. The molecule has 0 radical (unpaired) electrons. The summed E-state index contributed by atoms with van der Waals surface area (Å²) in [6.07, 6.45) is 0.718. The Morgan fingerprint density at radius 2 is 2.18 bits per heavy atom. The van der Waals surface area contributed by atoms with Gasteiger partial charge in [-0.15, -0.1) is 0 Å². The van der Waals surface area contributed by atoms with E-state index in [4.69, 9.17) is 8.80 Å². The molecule has 0 aliphatic rings. The maximum atomic E-state index is 10.8. The second kappa shape index (κ2) is 4.92. The van der Waals surface area contributed by atoms with E-state index in [0.29, 0.717) is 6.61 Å². The second-order valence-electron chi connectivity index (χ2n) is 2.97. The van der Waals surface area contributed by atoms with Crippen LogP contribution in [0.4, 0.5) is 0 Å². The van der Waals surface area contributed by atoms with Crippen molar-refractivity contribution in [1.82, 2.24) is 0 Å².